The molecule has 22 heavy (non-hydrogen) atoms. The Morgan fingerprint density at radius 2 is 2.00 bits per heavy atom. The topological polar surface area (TPSA) is 60.5 Å². The van der Waals surface area contributed by atoms with Gasteiger partial charge in [-0.1, -0.05) is 6.07 Å². The second-order valence-corrected chi connectivity index (χ2v) is 5.24. The van der Waals surface area contributed by atoms with Gasteiger partial charge < -0.3 is 14.8 Å². The van der Waals surface area contributed by atoms with E-state index in [9.17, 15) is 4.79 Å². The highest BCUT2D eigenvalue weighted by Gasteiger charge is 2.12. The largest absolute Gasteiger partial charge is 0.490 e. The summed E-state index contributed by atoms with van der Waals surface area (Å²) in [5.41, 5.74) is 2.52. The maximum absolute atomic E-state index is 12.1. The van der Waals surface area contributed by atoms with E-state index in [0.717, 1.165) is 29.1 Å². The van der Waals surface area contributed by atoms with Crippen molar-refractivity contribution < 1.29 is 14.3 Å². The van der Waals surface area contributed by atoms with Crippen molar-refractivity contribution in [1.29, 1.82) is 0 Å². The zero-order chi connectivity index (χ0) is 15.4. The van der Waals surface area contributed by atoms with Crippen molar-refractivity contribution in [2.24, 2.45) is 0 Å². The van der Waals surface area contributed by atoms with Gasteiger partial charge in [-0.25, -0.2) is 0 Å². The quantitative estimate of drug-likeness (QED) is 0.946. The molecule has 2 heterocycles. The van der Waals surface area contributed by atoms with Crippen LogP contribution in [0.2, 0.25) is 0 Å². The summed E-state index contributed by atoms with van der Waals surface area (Å²) in [6, 6.07) is 9.24. The van der Waals surface area contributed by atoms with Gasteiger partial charge in [-0.15, -0.1) is 0 Å². The average Bonchev–Trinajstić information content (AvgIpc) is 2.72. The first-order valence-electron chi connectivity index (χ1n) is 7.32. The van der Waals surface area contributed by atoms with Crippen LogP contribution >= 0.6 is 0 Å². The van der Waals surface area contributed by atoms with Crippen LogP contribution in [0.25, 0.3) is 0 Å². The number of aromatic nitrogens is 1. The first-order valence-corrected chi connectivity index (χ1v) is 7.32. The van der Waals surface area contributed by atoms with Gasteiger partial charge >= 0.3 is 0 Å². The molecule has 1 N–H and O–H groups in total. The molecule has 114 valence electrons. The molecule has 1 aromatic heterocycles. The van der Waals surface area contributed by atoms with Crippen LogP contribution in [-0.4, -0.2) is 24.1 Å². The van der Waals surface area contributed by atoms with Gasteiger partial charge in [0.25, 0.3) is 0 Å². The highest BCUT2D eigenvalue weighted by atomic mass is 16.5. The molecule has 0 unspecified atom stereocenters. The number of anilines is 1. The molecule has 0 atom stereocenters. The van der Waals surface area contributed by atoms with Crippen LogP contribution in [0.4, 0.5) is 5.69 Å². The molecule has 5 heteroatoms. The van der Waals surface area contributed by atoms with E-state index in [1.165, 1.54) is 0 Å². The minimum absolute atomic E-state index is 0.0694. The van der Waals surface area contributed by atoms with E-state index >= 15 is 0 Å². The maximum atomic E-state index is 12.1. The smallest absolute Gasteiger partial charge is 0.228 e. The number of fused-ring (bicyclic) bond motifs is 1. The zero-order valence-electron chi connectivity index (χ0n) is 12.5. The number of hydrogen-bond acceptors (Lipinski definition) is 4. The van der Waals surface area contributed by atoms with Crippen LogP contribution < -0.4 is 14.8 Å². The Labute approximate surface area is 129 Å². The summed E-state index contributed by atoms with van der Waals surface area (Å²) in [6.45, 7) is 3.19. The lowest BCUT2D eigenvalue weighted by Crippen LogP contribution is -2.14. The summed E-state index contributed by atoms with van der Waals surface area (Å²) in [7, 11) is 0. The van der Waals surface area contributed by atoms with Crippen molar-refractivity contribution in [2.75, 3.05) is 18.5 Å². The average molecular weight is 298 g/mol. The summed E-state index contributed by atoms with van der Waals surface area (Å²) in [5.74, 6) is 1.38. The predicted molar refractivity (Wildman–Crippen MR) is 83.4 cm³/mol. The van der Waals surface area contributed by atoms with Gasteiger partial charge in [-0.05, 0) is 36.8 Å². The van der Waals surface area contributed by atoms with Gasteiger partial charge in [0, 0.05) is 24.0 Å². The van der Waals surface area contributed by atoms with E-state index in [0.29, 0.717) is 19.0 Å². The molecule has 1 aliphatic rings. The number of ether oxygens (including phenoxy) is 2. The lowest BCUT2D eigenvalue weighted by atomic mass is 10.1. The van der Waals surface area contributed by atoms with Crippen molar-refractivity contribution >= 4 is 11.6 Å². The third-order valence-electron chi connectivity index (χ3n) is 3.36. The second kappa shape index (κ2) is 6.47. The number of amides is 1. The standard InChI is InChI=1S/C17H18N2O3/c1-12-9-14(5-6-18-12)19-17(20)11-13-3-4-15-16(10-13)22-8-2-7-21-15/h3-6,9-10H,2,7-8,11H2,1H3,(H,18,19,20). The molecule has 2 aromatic rings. The summed E-state index contributed by atoms with van der Waals surface area (Å²) in [5, 5.41) is 2.87. The highest BCUT2D eigenvalue weighted by molar-refractivity contribution is 5.92. The Balaban J connectivity index is 1.67. The fourth-order valence-electron chi connectivity index (χ4n) is 2.33. The molecule has 0 saturated heterocycles. The molecule has 1 aromatic carbocycles. The Hall–Kier alpha value is -2.56. The third kappa shape index (κ3) is 3.55. The van der Waals surface area contributed by atoms with Crippen LogP contribution in [0.1, 0.15) is 17.7 Å². The lowest BCUT2D eigenvalue weighted by molar-refractivity contribution is -0.115. The second-order valence-electron chi connectivity index (χ2n) is 5.24. The summed E-state index contributed by atoms with van der Waals surface area (Å²) < 4.78 is 11.2. The lowest BCUT2D eigenvalue weighted by Gasteiger charge is -2.10. The van der Waals surface area contributed by atoms with Crippen molar-refractivity contribution in [1.82, 2.24) is 4.98 Å². The normalized spacial score (nSPS) is 13.3. The van der Waals surface area contributed by atoms with E-state index in [1.807, 2.05) is 31.2 Å². The molecule has 0 fully saturated rings. The van der Waals surface area contributed by atoms with Crippen molar-refractivity contribution in [3.8, 4) is 11.5 Å². The number of aryl methyl sites for hydroxylation is 1. The number of carbonyl (C=O) groups excluding carboxylic acids is 1. The Morgan fingerprint density at radius 1 is 1.18 bits per heavy atom. The van der Waals surface area contributed by atoms with Crippen LogP contribution in [0.15, 0.2) is 36.5 Å². The summed E-state index contributed by atoms with van der Waals surface area (Å²) >= 11 is 0. The van der Waals surface area contributed by atoms with Gasteiger partial charge in [0.2, 0.25) is 5.91 Å². The van der Waals surface area contributed by atoms with E-state index in [-0.39, 0.29) is 12.3 Å². The number of hydrogen-bond donors (Lipinski definition) is 1. The Kier molecular flexibility index (Phi) is 4.23. The summed E-state index contributed by atoms with van der Waals surface area (Å²) in [4.78, 5) is 16.2. The van der Waals surface area contributed by atoms with Gasteiger partial charge in [-0.3, -0.25) is 9.78 Å². The third-order valence-corrected chi connectivity index (χ3v) is 3.36. The molecular formula is C17H18N2O3. The molecule has 0 aliphatic carbocycles. The molecule has 0 bridgehead atoms. The molecule has 0 spiro atoms. The Morgan fingerprint density at radius 3 is 2.82 bits per heavy atom. The fraction of sp³-hybridized carbons (Fsp3) is 0.294. The molecule has 3 rings (SSSR count). The van der Waals surface area contributed by atoms with Crippen LogP contribution in [0.3, 0.4) is 0 Å². The van der Waals surface area contributed by atoms with Gasteiger partial charge in [-0.2, -0.15) is 0 Å². The van der Waals surface area contributed by atoms with Crippen molar-refractivity contribution in [3.05, 3.63) is 47.8 Å². The minimum atomic E-state index is -0.0694. The Bertz CT molecular complexity index is 685. The molecule has 1 amide bonds. The number of nitrogens with zero attached hydrogens (tertiary/aromatic N) is 1. The maximum Gasteiger partial charge on any atom is 0.228 e. The number of benzene rings is 1. The van der Waals surface area contributed by atoms with Gasteiger partial charge in [0.05, 0.1) is 19.6 Å². The monoisotopic (exact) mass is 298 g/mol. The molecule has 5 nitrogen and oxygen atoms in total. The van der Waals surface area contributed by atoms with E-state index in [2.05, 4.69) is 10.3 Å². The zero-order valence-corrected chi connectivity index (χ0v) is 12.5. The van der Waals surface area contributed by atoms with Crippen LogP contribution in [-0.2, 0) is 11.2 Å². The van der Waals surface area contributed by atoms with Crippen LogP contribution in [0, 0.1) is 6.92 Å². The molecule has 1 aliphatic heterocycles. The SMILES string of the molecule is Cc1cc(NC(=O)Cc2ccc3c(c2)OCCCO3)ccn1. The van der Waals surface area contributed by atoms with Gasteiger partial charge in [0.15, 0.2) is 11.5 Å². The predicted octanol–water partition coefficient (Wildman–Crippen LogP) is 2.73. The van der Waals surface area contributed by atoms with Crippen molar-refractivity contribution in [3.63, 3.8) is 0 Å². The van der Waals surface area contributed by atoms with E-state index in [4.69, 9.17) is 9.47 Å². The number of pyridine rings is 1. The first kappa shape index (κ1) is 14.4. The number of nitrogens with one attached hydrogen (secondary N) is 1. The number of rotatable bonds is 3. The minimum Gasteiger partial charge on any atom is -0.490 e. The van der Waals surface area contributed by atoms with Gasteiger partial charge in [0.1, 0.15) is 0 Å². The first-order chi connectivity index (χ1) is 10.7. The molecule has 0 saturated carbocycles. The molecule has 0 radical (unpaired) electrons. The van der Waals surface area contributed by atoms with E-state index < -0.39 is 0 Å². The number of carbonyl (C=O) groups is 1. The van der Waals surface area contributed by atoms with Crippen molar-refractivity contribution in [2.45, 2.75) is 19.8 Å². The fourth-order valence-corrected chi connectivity index (χ4v) is 2.33. The summed E-state index contributed by atoms with van der Waals surface area (Å²) in [6.07, 6.45) is 2.84. The highest BCUT2D eigenvalue weighted by Crippen LogP contribution is 2.30. The van der Waals surface area contributed by atoms with Crippen LogP contribution in [0.5, 0.6) is 11.5 Å². The van der Waals surface area contributed by atoms with E-state index in [1.54, 1.807) is 12.3 Å². The molecular weight excluding hydrogens is 280 g/mol.